The van der Waals surface area contributed by atoms with E-state index in [-0.39, 0.29) is 0 Å². The molecule has 0 unspecified atom stereocenters. The van der Waals surface area contributed by atoms with Crippen molar-refractivity contribution in [2.75, 3.05) is 13.2 Å². The van der Waals surface area contributed by atoms with Gasteiger partial charge in [-0.3, -0.25) is 4.55 Å². The maximum atomic E-state index is 9.61. The van der Waals surface area contributed by atoms with E-state index in [9.17, 15) is 8.42 Å². The largest absolute Gasteiger partial charge is 0.397 e. The molecule has 0 heterocycles. The van der Waals surface area contributed by atoms with Crippen molar-refractivity contribution in [3.8, 4) is 0 Å². The molecule has 0 saturated heterocycles. The average molecular weight is 284 g/mol. The molecule has 1 rings (SSSR count). The molecule has 0 fully saturated rings. The second-order valence-electron chi connectivity index (χ2n) is 2.20. The second kappa shape index (κ2) is 12.9. The van der Waals surface area contributed by atoms with Crippen molar-refractivity contribution in [3.05, 3.63) is 36.4 Å². The quantitative estimate of drug-likeness (QED) is 0.739. The number of aliphatic hydroxyl groups excluding tert-OH is 1. The second-order valence-corrected chi connectivity index (χ2v) is 3.42. The Hall–Kier alpha value is -1.13. The van der Waals surface area contributed by atoms with Gasteiger partial charge in [0.15, 0.2) is 0 Å². The van der Waals surface area contributed by atoms with Gasteiger partial charge in [0.2, 0.25) is 0 Å². The lowest BCUT2D eigenvalue weighted by molar-refractivity contribution is 0.188. The zero-order valence-corrected chi connectivity index (χ0v) is 10.3. The molecule has 0 bridgehead atoms. The third-order valence-electron chi connectivity index (χ3n) is 0.990. The Balaban J connectivity index is 0. The number of hydrogen-bond acceptors (Lipinski definition) is 6. The molecular formula is C8H12O7S2. The lowest BCUT2D eigenvalue weighted by Crippen LogP contribution is -2.06. The van der Waals surface area contributed by atoms with E-state index in [1.54, 1.807) is 0 Å². The van der Waals surface area contributed by atoms with Gasteiger partial charge < -0.3 is 5.11 Å². The summed E-state index contributed by atoms with van der Waals surface area (Å²) < 4.78 is 47.3. The highest BCUT2D eigenvalue weighted by molar-refractivity contribution is 7.80. The molecule has 9 heteroatoms. The molecule has 7 nitrogen and oxygen atoms in total. The first-order chi connectivity index (χ1) is 7.97. The molecule has 0 aliphatic carbocycles. The minimum Gasteiger partial charge on any atom is -0.394 e. The number of rotatable bonds is 3. The highest BCUT2D eigenvalue weighted by Gasteiger charge is 2.00. The van der Waals surface area contributed by atoms with Crippen molar-refractivity contribution >= 4 is 22.0 Å². The van der Waals surface area contributed by atoms with Crippen LogP contribution in [0.4, 0.5) is 0 Å². The fourth-order valence-electron chi connectivity index (χ4n) is 0.527. The summed E-state index contributed by atoms with van der Waals surface area (Å²) in [5.41, 5.74) is 0. The van der Waals surface area contributed by atoms with Crippen LogP contribution >= 0.6 is 0 Å². The van der Waals surface area contributed by atoms with Gasteiger partial charge in [-0.25, -0.2) is 4.18 Å². The molecule has 0 aliphatic heterocycles. The van der Waals surface area contributed by atoms with Crippen LogP contribution in [-0.4, -0.2) is 39.7 Å². The molecule has 17 heavy (non-hydrogen) atoms. The maximum absolute atomic E-state index is 9.61. The maximum Gasteiger partial charge on any atom is 0.397 e. The summed E-state index contributed by atoms with van der Waals surface area (Å²) in [6.45, 7) is -0.835. The zero-order valence-electron chi connectivity index (χ0n) is 8.63. The van der Waals surface area contributed by atoms with E-state index in [1.165, 1.54) is 0 Å². The molecule has 0 aromatic heterocycles. The van der Waals surface area contributed by atoms with E-state index in [0.29, 0.717) is 0 Å². The smallest absolute Gasteiger partial charge is 0.394 e. The van der Waals surface area contributed by atoms with E-state index < -0.39 is 35.2 Å². The first kappa shape index (κ1) is 18.2. The standard InChI is InChI=1S/C6H6.C2H6O5S.O2S/c1-2-4-6-5-3-1;3-1-2-7-8(4,5)6;1-3-2/h1-6H;3H,1-2H2,(H,4,5,6);. The van der Waals surface area contributed by atoms with Gasteiger partial charge in [0.25, 0.3) is 0 Å². The third kappa shape index (κ3) is 25.3. The van der Waals surface area contributed by atoms with E-state index in [0.717, 1.165) is 0 Å². The summed E-state index contributed by atoms with van der Waals surface area (Å²) in [5.74, 6) is 0. The molecule has 0 atom stereocenters. The topological polar surface area (TPSA) is 118 Å². The van der Waals surface area contributed by atoms with Crippen molar-refractivity contribution in [1.29, 1.82) is 0 Å². The first-order valence-electron chi connectivity index (χ1n) is 4.12. The molecule has 0 radical (unpaired) electrons. The predicted molar refractivity (Wildman–Crippen MR) is 59.9 cm³/mol. The van der Waals surface area contributed by atoms with Crippen LogP contribution in [0.5, 0.6) is 0 Å². The molecule has 0 amide bonds. The molecular weight excluding hydrogens is 272 g/mol. The average Bonchev–Trinajstić information content (AvgIpc) is 2.30. The van der Waals surface area contributed by atoms with Crippen molar-refractivity contribution in [1.82, 2.24) is 0 Å². The Morgan fingerprint density at radius 3 is 1.41 bits per heavy atom. The van der Waals surface area contributed by atoms with Crippen LogP contribution in [0.25, 0.3) is 0 Å². The van der Waals surface area contributed by atoms with E-state index >= 15 is 0 Å². The fourth-order valence-corrected chi connectivity index (χ4v) is 0.813. The first-order valence-corrected chi connectivity index (χ1v) is 6.15. The van der Waals surface area contributed by atoms with Crippen LogP contribution in [0.2, 0.25) is 0 Å². The molecule has 0 spiro atoms. The molecule has 1 aromatic rings. The van der Waals surface area contributed by atoms with Crippen LogP contribution in [-0.2, 0) is 26.2 Å². The van der Waals surface area contributed by atoms with Crippen molar-refractivity contribution in [2.45, 2.75) is 0 Å². The Kier molecular flexibility index (Phi) is 13.9. The van der Waals surface area contributed by atoms with Crippen molar-refractivity contribution in [2.24, 2.45) is 0 Å². The minimum atomic E-state index is -4.35. The summed E-state index contributed by atoms with van der Waals surface area (Å²) in [6, 6.07) is 12.0. The van der Waals surface area contributed by atoms with Gasteiger partial charge in [-0.2, -0.15) is 16.8 Å². The molecule has 2 N–H and O–H groups in total. The van der Waals surface area contributed by atoms with Crippen LogP contribution in [0.1, 0.15) is 0 Å². The van der Waals surface area contributed by atoms with E-state index in [4.69, 9.17) is 18.1 Å². The molecule has 1 aromatic carbocycles. The van der Waals surface area contributed by atoms with Crippen LogP contribution in [0.3, 0.4) is 0 Å². The van der Waals surface area contributed by atoms with Gasteiger partial charge in [-0.15, -0.1) is 0 Å². The van der Waals surface area contributed by atoms with Crippen LogP contribution < -0.4 is 0 Å². The third-order valence-corrected chi connectivity index (χ3v) is 1.45. The Labute approximate surface area is 103 Å². The Bertz CT molecular complexity index is 357. The van der Waals surface area contributed by atoms with Crippen LogP contribution in [0, 0.1) is 0 Å². The summed E-state index contributed by atoms with van der Waals surface area (Å²) >= 11 is -0.750. The highest BCUT2D eigenvalue weighted by Crippen LogP contribution is 1.82. The SMILES string of the molecule is O=S(=O)(O)OCCO.O=S=O.c1ccccc1. The van der Waals surface area contributed by atoms with Crippen LogP contribution in [0.15, 0.2) is 36.4 Å². The Morgan fingerprint density at radius 1 is 1.00 bits per heavy atom. The number of hydrogen-bond donors (Lipinski definition) is 2. The Morgan fingerprint density at radius 2 is 1.29 bits per heavy atom. The van der Waals surface area contributed by atoms with Gasteiger partial charge in [-0.1, -0.05) is 36.4 Å². The van der Waals surface area contributed by atoms with Gasteiger partial charge in [-0.05, 0) is 0 Å². The number of aliphatic hydroxyl groups is 1. The lowest BCUT2D eigenvalue weighted by atomic mass is 10.4. The molecule has 0 saturated carbocycles. The summed E-state index contributed by atoms with van der Waals surface area (Å²) in [7, 11) is -4.35. The predicted octanol–water partition coefficient (Wildman–Crippen LogP) is -0.185. The van der Waals surface area contributed by atoms with E-state index in [2.05, 4.69) is 4.18 Å². The minimum absolute atomic E-state index is 0.404. The van der Waals surface area contributed by atoms with Gasteiger partial charge in [0, 0.05) is 0 Å². The summed E-state index contributed by atoms with van der Waals surface area (Å²) in [4.78, 5) is 0. The summed E-state index contributed by atoms with van der Waals surface area (Å²) in [5, 5.41) is 7.93. The zero-order chi connectivity index (χ0) is 13.6. The normalized spacial score (nSPS) is 9.06. The molecule has 0 aliphatic rings. The lowest BCUT2D eigenvalue weighted by Gasteiger charge is -1.92. The number of benzene rings is 1. The molecule has 98 valence electrons. The van der Waals surface area contributed by atoms with Crippen molar-refractivity contribution < 1.29 is 30.7 Å². The van der Waals surface area contributed by atoms with Crippen molar-refractivity contribution in [3.63, 3.8) is 0 Å². The monoisotopic (exact) mass is 284 g/mol. The van der Waals surface area contributed by atoms with E-state index in [1.807, 2.05) is 36.4 Å². The van der Waals surface area contributed by atoms with Gasteiger partial charge in [0.1, 0.15) is 0 Å². The van der Waals surface area contributed by atoms with Gasteiger partial charge >= 0.3 is 22.0 Å². The highest BCUT2D eigenvalue weighted by atomic mass is 32.3. The van der Waals surface area contributed by atoms with Gasteiger partial charge in [0.05, 0.1) is 13.2 Å². The fraction of sp³-hybridized carbons (Fsp3) is 0.250. The summed E-state index contributed by atoms with van der Waals surface area (Å²) in [6.07, 6.45) is 0.